The molecule has 0 amide bonds. The van der Waals surface area contributed by atoms with Gasteiger partial charge in [0.25, 0.3) is 5.88 Å². The second kappa shape index (κ2) is 3.11. The van der Waals surface area contributed by atoms with Crippen LogP contribution in [0.5, 0.6) is 5.88 Å². The van der Waals surface area contributed by atoms with E-state index in [-0.39, 0.29) is 17.4 Å². The number of rotatable bonds is 3. The summed E-state index contributed by atoms with van der Waals surface area (Å²) in [6.07, 6.45) is 0. The Labute approximate surface area is 69.3 Å². The zero-order valence-corrected chi connectivity index (χ0v) is 7.17. The third kappa shape index (κ3) is 2.51. The lowest BCUT2D eigenvalue weighted by Gasteiger charge is -1.89. The van der Waals surface area contributed by atoms with E-state index in [2.05, 4.69) is 14.4 Å². The normalized spacial score (nSPS) is 11.5. The third-order valence-electron chi connectivity index (χ3n) is 1.09. The van der Waals surface area contributed by atoms with Crippen LogP contribution in [-0.2, 0) is 15.8 Å². The predicted octanol–water partition coefficient (Wildman–Crippen LogP) is -0.528. The van der Waals surface area contributed by atoms with Crippen molar-refractivity contribution in [2.24, 2.45) is 5.14 Å². The molecule has 0 saturated heterocycles. The summed E-state index contributed by atoms with van der Waals surface area (Å²) in [5, 5.41) is 8.16. The number of nitrogens with zero attached hydrogens (tertiary/aromatic N) is 1. The standard InChI is InChI=1S/C5H8N2O4S/c1-10-5-2-4(11-7-5)3-12(6,8)9/h2H,3H2,1H3,(H2,6,8,9). The molecule has 0 spiro atoms. The summed E-state index contributed by atoms with van der Waals surface area (Å²) >= 11 is 0. The van der Waals surface area contributed by atoms with Crippen LogP contribution in [0.25, 0.3) is 0 Å². The Morgan fingerprint density at radius 3 is 2.83 bits per heavy atom. The van der Waals surface area contributed by atoms with Crippen molar-refractivity contribution in [3.63, 3.8) is 0 Å². The van der Waals surface area contributed by atoms with Gasteiger partial charge in [-0.25, -0.2) is 13.6 Å². The fourth-order valence-electron chi connectivity index (χ4n) is 0.657. The quantitative estimate of drug-likeness (QED) is 0.694. The molecule has 2 N–H and O–H groups in total. The minimum atomic E-state index is -3.56. The van der Waals surface area contributed by atoms with Crippen molar-refractivity contribution in [1.82, 2.24) is 5.16 Å². The lowest BCUT2D eigenvalue weighted by atomic mass is 10.5. The first kappa shape index (κ1) is 9.01. The van der Waals surface area contributed by atoms with Crippen LogP contribution in [-0.4, -0.2) is 20.7 Å². The number of aromatic nitrogens is 1. The van der Waals surface area contributed by atoms with Gasteiger partial charge >= 0.3 is 0 Å². The van der Waals surface area contributed by atoms with Gasteiger partial charge in [0.15, 0.2) is 5.76 Å². The Balaban J connectivity index is 2.78. The van der Waals surface area contributed by atoms with Gasteiger partial charge in [0.05, 0.1) is 7.11 Å². The summed E-state index contributed by atoms with van der Waals surface area (Å²) < 4.78 is 30.4. The Hall–Kier alpha value is -1.08. The molecular formula is C5H8N2O4S. The summed E-state index contributed by atoms with van der Waals surface area (Å²) in [5.74, 6) is 0.0200. The second-order valence-electron chi connectivity index (χ2n) is 2.14. The van der Waals surface area contributed by atoms with E-state index < -0.39 is 10.0 Å². The Morgan fingerprint density at radius 1 is 1.75 bits per heavy atom. The predicted molar refractivity (Wildman–Crippen MR) is 39.9 cm³/mol. The van der Waals surface area contributed by atoms with E-state index in [1.54, 1.807) is 0 Å². The molecule has 0 aliphatic carbocycles. The molecule has 1 rings (SSSR count). The first-order valence-corrected chi connectivity index (χ1v) is 4.73. The average Bonchev–Trinajstić information content (AvgIpc) is 2.32. The van der Waals surface area contributed by atoms with Gasteiger partial charge in [0.1, 0.15) is 5.75 Å². The molecule has 68 valence electrons. The topological polar surface area (TPSA) is 95.4 Å². The number of sulfonamides is 1. The first-order valence-electron chi connectivity index (χ1n) is 3.01. The summed E-state index contributed by atoms with van der Waals surface area (Å²) in [5.41, 5.74) is 0. The molecule has 1 aromatic heterocycles. The molecule has 0 radical (unpaired) electrons. The van der Waals surface area contributed by atoms with Gasteiger partial charge in [-0.1, -0.05) is 0 Å². The number of nitrogens with two attached hydrogens (primary N) is 1. The van der Waals surface area contributed by atoms with E-state index in [1.807, 2.05) is 0 Å². The lowest BCUT2D eigenvalue weighted by molar-refractivity contribution is 0.330. The molecule has 7 heteroatoms. The fourth-order valence-corrected chi connectivity index (χ4v) is 1.19. The van der Waals surface area contributed by atoms with E-state index in [0.717, 1.165) is 0 Å². The lowest BCUT2D eigenvalue weighted by Crippen LogP contribution is -2.13. The van der Waals surface area contributed by atoms with Crippen molar-refractivity contribution in [2.75, 3.05) is 7.11 Å². The van der Waals surface area contributed by atoms with Crippen molar-refractivity contribution in [3.05, 3.63) is 11.8 Å². The molecule has 1 aromatic rings. The maximum absolute atomic E-state index is 10.5. The number of hydrogen-bond acceptors (Lipinski definition) is 5. The highest BCUT2D eigenvalue weighted by Crippen LogP contribution is 2.11. The van der Waals surface area contributed by atoms with E-state index in [4.69, 9.17) is 5.14 Å². The molecule has 0 aliphatic rings. The van der Waals surface area contributed by atoms with Gasteiger partial charge in [0.2, 0.25) is 10.0 Å². The van der Waals surface area contributed by atoms with Crippen LogP contribution in [0.2, 0.25) is 0 Å². The van der Waals surface area contributed by atoms with Gasteiger partial charge in [-0.15, -0.1) is 0 Å². The number of methoxy groups -OCH3 is 1. The second-order valence-corrected chi connectivity index (χ2v) is 3.76. The molecule has 0 aliphatic heterocycles. The van der Waals surface area contributed by atoms with Gasteiger partial charge in [-0.05, 0) is 5.16 Å². The summed E-state index contributed by atoms with van der Waals surface area (Å²) in [7, 11) is -2.16. The zero-order chi connectivity index (χ0) is 9.19. The monoisotopic (exact) mass is 192 g/mol. The van der Waals surface area contributed by atoms with Crippen LogP contribution in [0.4, 0.5) is 0 Å². The van der Waals surface area contributed by atoms with Crippen LogP contribution in [0.15, 0.2) is 10.6 Å². The SMILES string of the molecule is COc1cc(CS(N)(=O)=O)on1. The van der Waals surface area contributed by atoms with Crippen molar-refractivity contribution < 1.29 is 17.7 Å². The Kier molecular flexibility index (Phi) is 2.34. The van der Waals surface area contributed by atoms with Crippen LogP contribution in [0.3, 0.4) is 0 Å². The molecule has 0 aromatic carbocycles. The molecule has 0 atom stereocenters. The largest absolute Gasteiger partial charge is 0.479 e. The first-order chi connectivity index (χ1) is 5.51. The maximum atomic E-state index is 10.5. The fraction of sp³-hybridized carbons (Fsp3) is 0.400. The summed E-state index contributed by atoms with van der Waals surface area (Å²) in [6.45, 7) is 0. The Morgan fingerprint density at radius 2 is 2.42 bits per heavy atom. The van der Waals surface area contributed by atoms with Gasteiger partial charge in [0, 0.05) is 6.07 Å². The van der Waals surface area contributed by atoms with Gasteiger partial charge in [-0.3, -0.25) is 0 Å². The van der Waals surface area contributed by atoms with Crippen molar-refractivity contribution in [1.29, 1.82) is 0 Å². The molecule has 0 fully saturated rings. The minimum Gasteiger partial charge on any atom is -0.479 e. The van der Waals surface area contributed by atoms with Crippen molar-refractivity contribution in [3.8, 4) is 5.88 Å². The highest BCUT2D eigenvalue weighted by Gasteiger charge is 2.10. The van der Waals surface area contributed by atoms with Crippen LogP contribution in [0.1, 0.15) is 5.76 Å². The van der Waals surface area contributed by atoms with Gasteiger partial charge < -0.3 is 9.26 Å². The third-order valence-corrected chi connectivity index (χ3v) is 1.78. The summed E-state index contributed by atoms with van der Waals surface area (Å²) in [6, 6.07) is 1.37. The molecular weight excluding hydrogens is 184 g/mol. The highest BCUT2D eigenvalue weighted by atomic mass is 32.2. The minimum absolute atomic E-state index is 0.161. The maximum Gasteiger partial charge on any atom is 0.254 e. The molecule has 1 heterocycles. The average molecular weight is 192 g/mol. The van der Waals surface area contributed by atoms with E-state index in [0.29, 0.717) is 0 Å². The van der Waals surface area contributed by atoms with Crippen molar-refractivity contribution >= 4 is 10.0 Å². The van der Waals surface area contributed by atoms with Crippen LogP contribution >= 0.6 is 0 Å². The molecule has 0 unspecified atom stereocenters. The number of ether oxygens (including phenoxy) is 1. The zero-order valence-electron chi connectivity index (χ0n) is 6.35. The van der Waals surface area contributed by atoms with E-state index in [9.17, 15) is 8.42 Å². The van der Waals surface area contributed by atoms with Crippen molar-refractivity contribution in [2.45, 2.75) is 5.75 Å². The van der Waals surface area contributed by atoms with Gasteiger partial charge in [-0.2, -0.15) is 0 Å². The van der Waals surface area contributed by atoms with Crippen LogP contribution in [0, 0.1) is 0 Å². The molecule has 0 saturated carbocycles. The summed E-state index contributed by atoms with van der Waals surface area (Å²) in [4.78, 5) is 0. The van der Waals surface area contributed by atoms with Crippen LogP contribution < -0.4 is 9.88 Å². The van der Waals surface area contributed by atoms with E-state index >= 15 is 0 Å². The molecule has 0 bridgehead atoms. The molecule has 12 heavy (non-hydrogen) atoms. The number of primary sulfonamides is 1. The highest BCUT2D eigenvalue weighted by molar-refractivity contribution is 7.88. The van der Waals surface area contributed by atoms with E-state index in [1.165, 1.54) is 13.2 Å². The smallest absolute Gasteiger partial charge is 0.254 e. The Bertz CT molecular complexity index is 355. The number of hydrogen-bond donors (Lipinski definition) is 1. The molecule has 6 nitrogen and oxygen atoms in total.